The average Bonchev–Trinajstić information content (AvgIpc) is 3.09. The molecule has 3 rings (SSSR count). The van der Waals surface area contributed by atoms with Crippen LogP contribution in [0.25, 0.3) is 0 Å². The van der Waals surface area contributed by atoms with Crippen molar-refractivity contribution in [3.8, 4) is 0 Å². The summed E-state index contributed by atoms with van der Waals surface area (Å²) in [5.41, 5.74) is 0.728. The number of amides is 1. The lowest BCUT2D eigenvalue weighted by Crippen LogP contribution is -2.48. The molecule has 0 spiro atoms. The van der Waals surface area contributed by atoms with Crippen molar-refractivity contribution < 1.29 is 9.18 Å². The van der Waals surface area contributed by atoms with E-state index in [-0.39, 0.29) is 11.7 Å². The molecule has 2 saturated heterocycles. The van der Waals surface area contributed by atoms with Crippen LogP contribution < -0.4 is 0 Å². The molecule has 0 N–H and O–H groups in total. The fourth-order valence-electron chi connectivity index (χ4n) is 4.07. The van der Waals surface area contributed by atoms with Gasteiger partial charge < -0.3 is 9.80 Å². The van der Waals surface area contributed by atoms with Gasteiger partial charge in [-0.1, -0.05) is 12.1 Å². The van der Waals surface area contributed by atoms with Crippen LogP contribution in [-0.4, -0.2) is 66.9 Å². The number of hydrogen-bond donors (Lipinski definition) is 0. The van der Waals surface area contributed by atoms with E-state index in [4.69, 9.17) is 0 Å². The van der Waals surface area contributed by atoms with E-state index in [1.54, 1.807) is 6.07 Å². The highest BCUT2D eigenvalue weighted by Crippen LogP contribution is 2.26. The minimum absolute atomic E-state index is 0.0884. The summed E-state index contributed by atoms with van der Waals surface area (Å²) < 4.78 is 13.6. The standard InChI is InChI=1S/C19H28FN3O/c1-21(2)18(15-6-5-7-16(20)14-15)19(24)23-12-8-17(9-13-23)22-10-3-4-11-22/h5-7,14,17-18H,3-4,8-13H2,1-2H3/t18-/m0/s1. The average molecular weight is 333 g/mol. The quantitative estimate of drug-likeness (QED) is 0.847. The van der Waals surface area contributed by atoms with Crippen LogP contribution in [0.3, 0.4) is 0 Å². The van der Waals surface area contributed by atoms with E-state index in [0.29, 0.717) is 6.04 Å². The van der Waals surface area contributed by atoms with E-state index in [1.807, 2.05) is 30.0 Å². The largest absolute Gasteiger partial charge is 0.341 e. The van der Waals surface area contributed by atoms with Gasteiger partial charge >= 0.3 is 0 Å². The molecule has 1 amide bonds. The third-order valence-electron chi connectivity index (χ3n) is 5.35. The van der Waals surface area contributed by atoms with Gasteiger partial charge in [0.2, 0.25) is 5.91 Å². The zero-order chi connectivity index (χ0) is 17.1. The molecule has 1 aromatic rings. The number of likely N-dealkylation sites (N-methyl/N-ethyl adjacent to an activating group) is 1. The van der Waals surface area contributed by atoms with Gasteiger partial charge in [-0.3, -0.25) is 9.69 Å². The van der Waals surface area contributed by atoms with Crippen LogP contribution in [-0.2, 0) is 4.79 Å². The minimum Gasteiger partial charge on any atom is -0.341 e. The number of nitrogens with zero attached hydrogens (tertiary/aromatic N) is 3. The topological polar surface area (TPSA) is 26.8 Å². The fraction of sp³-hybridized carbons (Fsp3) is 0.632. The zero-order valence-corrected chi connectivity index (χ0v) is 14.7. The summed E-state index contributed by atoms with van der Waals surface area (Å²) >= 11 is 0. The third-order valence-corrected chi connectivity index (χ3v) is 5.35. The number of carbonyl (C=O) groups excluding carboxylic acids is 1. The Kier molecular flexibility index (Phi) is 5.51. The highest BCUT2D eigenvalue weighted by Gasteiger charge is 2.32. The van der Waals surface area contributed by atoms with Gasteiger partial charge in [-0.25, -0.2) is 4.39 Å². The maximum absolute atomic E-state index is 13.6. The molecule has 2 aliphatic rings. The van der Waals surface area contributed by atoms with Crippen LogP contribution in [0.2, 0.25) is 0 Å². The van der Waals surface area contributed by atoms with Gasteiger partial charge in [0.1, 0.15) is 11.9 Å². The molecule has 5 heteroatoms. The summed E-state index contributed by atoms with van der Waals surface area (Å²) in [6.45, 7) is 4.03. The first-order chi connectivity index (χ1) is 11.6. The Balaban J connectivity index is 1.66. The maximum atomic E-state index is 13.6. The summed E-state index contributed by atoms with van der Waals surface area (Å²) in [7, 11) is 3.76. The SMILES string of the molecule is CN(C)[C@H](C(=O)N1CCC(N2CCCC2)CC1)c1cccc(F)c1. The monoisotopic (exact) mass is 333 g/mol. The van der Waals surface area contributed by atoms with Crippen LogP contribution >= 0.6 is 0 Å². The predicted molar refractivity (Wildman–Crippen MR) is 93.2 cm³/mol. The summed E-state index contributed by atoms with van der Waals surface area (Å²) in [5, 5.41) is 0. The van der Waals surface area contributed by atoms with Crippen molar-refractivity contribution in [2.24, 2.45) is 0 Å². The molecule has 1 atom stereocenters. The predicted octanol–water partition coefficient (Wildman–Crippen LogP) is 2.52. The number of hydrogen-bond acceptors (Lipinski definition) is 3. The zero-order valence-electron chi connectivity index (χ0n) is 14.7. The van der Waals surface area contributed by atoms with Gasteiger partial charge in [-0.15, -0.1) is 0 Å². The summed E-state index contributed by atoms with van der Waals surface area (Å²) in [4.78, 5) is 19.4. The molecule has 0 aromatic heterocycles. The molecule has 0 aliphatic carbocycles. The van der Waals surface area contributed by atoms with Gasteiger partial charge in [0.05, 0.1) is 0 Å². The first kappa shape index (κ1) is 17.4. The Labute approximate surface area is 144 Å². The van der Waals surface area contributed by atoms with E-state index in [9.17, 15) is 9.18 Å². The van der Waals surface area contributed by atoms with Gasteiger partial charge in [-0.05, 0) is 70.6 Å². The molecule has 2 fully saturated rings. The Morgan fingerprint density at radius 2 is 1.83 bits per heavy atom. The van der Waals surface area contributed by atoms with E-state index < -0.39 is 6.04 Å². The molecule has 0 radical (unpaired) electrons. The lowest BCUT2D eigenvalue weighted by Gasteiger charge is -2.39. The highest BCUT2D eigenvalue weighted by molar-refractivity contribution is 5.83. The molecule has 4 nitrogen and oxygen atoms in total. The molecule has 2 heterocycles. The summed E-state index contributed by atoms with van der Waals surface area (Å²) in [5.74, 6) is -0.203. The van der Waals surface area contributed by atoms with Gasteiger partial charge in [-0.2, -0.15) is 0 Å². The van der Waals surface area contributed by atoms with Gasteiger partial charge in [0, 0.05) is 19.1 Å². The first-order valence-electron chi connectivity index (χ1n) is 9.01. The second-order valence-electron chi connectivity index (χ2n) is 7.22. The Bertz CT molecular complexity index is 563. The lowest BCUT2D eigenvalue weighted by atomic mass is 10.00. The molecule has 132 valence electrons. The molecule has 0 unspecified atom stereocenters. The first-order valence-corrected chi connectivity index (χ1v) is 9.01. The van der Waals surface area contributed by atoms with Crippen LogP contribution in [0.5, 0.6) is 0 Å². The van der Waals surface area contributed by atoms with Crippen LogP contribution in [0.1, 0.15) is 37.3 Å². The van der Waals surface area contributed by atoms with Crippen molar-refractivity contribution in [3.05, 3.63) is 35.6 Å². The normalized spacial score (nSPS) is 21.4. The van der Waals surface area contributed by atoms with E-state index in [0.717, 1.165) is 31.5 Å². The number of carbonyl (C=O) groups is 1. The Hall–Kier alpha value is -1.46. The van der Waals surface area contributed by atoms with Crippen molar-refractivity contribution in [2.45, 2.75) is 37.8 Å². The summed E-state index contributed by atoms with van der Waals surface area (Å²) in [6, 6.07) is 6.62. The molecule has 2 aliphatic heterocycles. The van der Waals surface area contributed by atoms with Crippen molar-refractivity contribution in [1.82, 2.24) is 14.7 Å². The van der Waals surface area contributed by atoms with Crippen molar-refractivity contribution >= 4 is 5.91 Å². The molecule has 1 aromatic carbocycles. The Morgan fingerprint density at radius 3 is 2.42 bits per heavy atom. The Morgan fingerprint density at radius 1 is 1.17 bits per heavy atom. The van der Waals surface area contributed by atoms with Gasteiger partial charge in [0.15, 0.2) is 0 Å². The second kappa shape index (κ2) is 7.62. The molecule has 24 heavy (non-hydrogen) atoms. The number of halogens is 1. The highest BCUT2D eigenvalue weighted by atomic mass is 19.1. The molecular weight excluding hydrogens is 305 g/mol. The smallest absolute Gasteiger partial charge is 0.244 e. The molecular formula is C19H28FN3O. The van der Waals surface area contributed by atoms with Crippen molar-refractivity contribution in [2.75, 3.05) is 40.3 Å². The third kappa shape index (κ3) is 3.78. The summed E-state index contributed by atoms with van der Waals surface area (Å²) in [6.07, 6.45) is 4.72. The fourth-order valence-corrected chi connectivity index (χ4v) is 4.07. The number of likely N-dealkylation sites (tertiary alicyclic amines) is 2. The van der Waals surface area contributed by atoms with Crippen molar-refractivity contribution in [1.29, 1.82) is 0 Å². The van der Waals surface area contributed by atoms with E-state index in [1.165, 1.54) is 38.1 Å². The van der Waals surface area contributed by atoms with Crippen LogP contribution in [0.15, 0.2) is 24.3 Å². The minimum atomic E-state index is -0.413. The molecule has 0 bridgehead atoms. The number of piperidine rings is 1. The van der Waals surface area contributed by atoms with E-state index in [2.05, 4.69) is 4.90 Å². The van der Waals surface area contributed by atoms with Crippen LogP contribution in [0.4, 0.5) is 4.39 Å². The van der Waals surface area contributed by atoms with E-state index >= 15 is 0 Å². The number of benzene rings is 1. The van der Waals surface area contributed by atoms with Crippen molar-refractivity contribution in [3.63, 3.8) is 0 Å². The maximum Gasteiger partial charge on any atom is 0.244 e. The number of rotatable bonds is 4. The lowest BCUT2D eigenvalue weighted by molar-refractivity contribution is -0.138. The van der Waals surface area contributed by atoms with Gasteiger partial charge in [0.25, 0.3) is 0 Å². The molecule has 0 saturated carbocycles. The second-order valence-corrected chi connectivity index (χ2v) is 7.22. The van der Waals surface area contributed by atoms with Crippen LogP contribution in [0, 0.1) is 5.82 Å².